The van der Waals surface area contributed by atoms with Crippen molar-refractivity contribution in [2.75, 3.05) is 6.61 Å². The number of nitrogens with one attached hydrogen (secondary N) is 1. The summed E-state index contributed by atoms with van der Waals surface area (Å²) in [4.78, 5) is 28.4. The first kappa shape index (κ1) is 21.5. The van der Waals surface area contributed by atoms with Gasteiger partial charge in [-0.05, 0) is 49.8 Å². The molecule has 1 saturated heterocycles. The number of halogens is 1. The van der Waals surface area contributed by atoms with Crippen LogP contribution in [0.25, 0.3) is 0 Å². The predicted molar refractivity (Wildman–Crippen MR) is 116 cm³/mol. The van der Waals surface area contributed by atoms with Gasteiger partial charge in [0.25, 0.3) is 5.91 Å². The molecule has 1 saturated carbocycles. The molecule has 1 N–H and O–H groups in total. The van der Waals surface area contributed by atoms with Crippen LogP contribution in [0.3, 0.4) is 0 Å². The van der Waals surface area contributed by atoms with E-state index in [0.717, 1.165) is 18.4 Å². The Hall–Kier alpha value is -2.73. The molecule has 6 heteroatoms. The van der Waals surface area contributed by atoms with E-state index in [0.29, 0.717) is 18.8 Å². The first-order valence-corrected chi connectivity index (χ1v) is 11.0. The Labute approximate surface area is 182 Å². The van der Waals surface area contributed by atoms with Crippen LogP contribution in [0.5, 0.6) is 0 Å². The van der Waals surface area contributed by atoms with Crippen LogP contribution >= 0.6 is 0 Å². The number of nitrogens with zero attached hydrogens (tertiary/aromatic N) is 1. The van der Waals surface area contributed by atoms with Gasteiger partial charge in [0.1, 0.15) is 17.6 Å². The molecule has 31 heavy (non-hydrogen) atoms. The van der Waals surface area contributed by atoms with Crippen molar-refractivity contribution < 1.29 is 18.7 Å². The first-order valence-electron chi connectivity index (χ1n) is 11.0. The van der Waals surface area contributed by atoms with Crippen LogP contribution in [0, 0.1) is 11.7 Å². The van der Waals surface area contributed by atoms with E-state index >= 15 is 0 Å². The van der Waals surface area contributed by atoms with Crippen LogP contribution in [-0.4, -0.2) is 35.1 Å². The lowest BCUT2D eigenvalue weighted by Gasteiger charge is -2.43. The Morgan fingerprint density at radius 3 is 2.58 bits per heavy atom. The van der Waals surface area contributed by atoms with Gasteiger partial charge in [-0.25, -0.2) is 4.39 Å². The molecule has 0 unspecified atom stereocenters. The van der Waals surface area contributed by atoms with Gasteiger partial charge in [-0.1, -0.05) is 55.8 Å². The van der Waals surface area contributed by atoms with E-state index in [-0.39, 0.29) is 24.1 Å². The largest absolute Gasteiger partial charge is 0.353 e. The van der Waals surface area contributed by atoms with Gasteiger partial charge >= 0.3 is 0 Å². The number of ether oxygens (including phenoxy) is 1. The molecule has 5 nitrogen and oxygen atoms in total. The Morgan fingerprint density at radius 1 is 1.16 bits per heavy atom. The first-order chi connectivity index (χ1) is 14.9. The fraction of sp³-hybridized carbons (Fsp3) is 0.440. The normalized spacial score (nSPS) is 26.6. The summed E-state index contributed by atoms with van der Waals surface area (Å²) >= 11 is 0. The van der Waals surface area contributed by atoms with Gasteiger partial charge in [0, 0.05) is 0 Å². The fourth-order valence-electron chi connectivity index (χ4n) is 4.91. The van der Waals surface area contributed by atoms with Gasteiger partial charge in [-0.15, -0.1) is 0 Å². The summed E-state index contributed by atoms with van der Waals surface area (Å²) in [6, 6.07) is 14.6. The van der Waals surface area contributed by atoms with E-state index in [1.54, 1.807) is 12.1 Å². The zero-order chi connectivity index (χ0) is 22.0. The molecule has 4 rings (SSSR count). The molecule has 2 fully saturated rings. The lowest BCUT2D eigenvalue weighted by Crippen LogP contribution is -2.57. The van der Waals surface area contributed by atoms with E-state index in [9.17, 15) is 14.0 Å². The van der Waals surface area contributed by atoms with Crippen molar-refractivity contribution in [3.8, 4) is 0 Å². The second-order valence-electron chi connectivity index (χ2n) is 8.77. The van der Waals surface area contributed by atoms with Crippen LogP contribution in [-0.2, 0) is 9.53 Å². The lowest BCUT2D eigenvalue weighted by atomic mass is 9.83. The molecule has 4 atom stereocenters. The Balaban J connectivity index is 1.63. The van der Waals surface area contributed by atoms with Gasteiger partial charge in [0.05, 0.1) is 18.2 Å². The zero-order valence-corrected chi connectivity index (χ0v) is 18.0. The molecule has 2 aliphatic rings. The molecule has 2 aromatic rings. The highest BCUT2D eigenvalue weighted by Crippen LogP contribution is 2.43. The Bertz CT molecular complexity index is 951. The molecule has 2 aromatic carbocycles. The molecule has 1 aliphatic carbocycles. The smallest absolute Gasteiger partial charge is 0.259 e. The number of hydrogen-bond acceptors (Lipinski definition) is 3. The van der Waals surface area contributed by atoms with Crippen LogP contribution in [0.4, 0.5) is 4.39 Å². The number of benzene rings is 2. The van der Waals surface area contributed by atoms with E-state index in [1.165, 1.54) is 17.0 Å². The SMILES string of the molecule is C[C@@H]1CCC[C@]2(C1)OC[C@@H](C(=O)N[C@@H](C)c1ccccc1)N2C(=O)c1ccccc1F. The average molecular weight is 425 g/mol. The van der Waals surface area contributed by atoms with E-state index < -0.39 is 23.5 Å². The minimum absolute atomic E-state index is 0.0282. The minimum atomic E-state index is -0.866. The molecule has 0 radical (unpaired) electrons. The number of carbonyl (C=O) groups is 2. The van der Waals surface area contributed by atoms with Gasteiger partial charge in [0.2, 0.25) is 5.91 Å². The maximum atomic E-state index is 14.5. The predicted octanol–water partition coefficient (Wildman–Crippen LogP) is 4.45. The quantitative estimate of drug-likeness (QED) is 0.789. The summed E-state index contributed by atoms with van der Waals surface area (Å²) in [5.41, 5.74) is 0.0805. The molecule has 0 bridgehead atoms. The minimum Gasteiger partial charge on any atom is -0.353 e. The standard InChI is InChI=1S/C25H29FN2O3/c1-17-9-8-14-25(15-17)28(24(30)20-12-6-7-13-21(20)26)22(16-31-25)23(29)27-18(2)19-10-4-3-5-11-19/h3-7,10-13,17-18,22H,8-9,14-16H2,1-2H3,(H,27,29)/t17-,18+,22+,25-/m1/s1. The fourth-order valence-corrected chi connectivity index (χ4v) is 4.91. The Morgan fingerprint density at radius 2 is 1.87 bits per heavy atom. The second kappa shape index (κ2) is 8.79. The molecule has 0 aromatic heterocycles. The molecule has 164 valence electrons. The maximum absolute atomic E-state index is 14.5. The summed E-state index contributed by atoms with van der Waals surface area (Å²) in [7, 11) is 0. The van der Waals surface area contributed by atoms with Gasteiger partial charge in [0.15, 0.2) is 0 Å². The van der Waals surface area contributed by atoms with E-state index in [2.05, 4.69) is 12.2 Å². The number of carbonyl (C=O) groups excluding carboxylic acids is 2. The monoisotopic (exact) mass is 424 g/mol. The van der Waals surface area contributed by atoms with Crippen molar-refractivity contribution in [2.45, 2.75) is 57.3 Å². The molecule has 2 amide bonds. The van der Waals surface area contributed by atoms with E-state index in [4.69, 9.17) is 4.74 Å². The highest BCUT2D eigenvalue weighted by molar-refractivity contribution is 5.98. The van der Waals surface area contributed by atoms with Crippen LogP contribution in [0.15, 0.2) is 54.6 Å². The number of rotatable bonds is 4. The van der Waals surface area contributed by atoms with Crippen LogP contribution < -0.4 is 5.32 Å². The second-order valence-corrected chi connectivity index (χ2v) is 8.77. The van der Waals surface area contributed by atoms with Crippen molar-refractivity contribution in [2.24, 2.45) is 5.92 Å². The molecule has 1 spiro atoms. The molecular weight excluding hydrogens is 395 g/mol. The van der Waals surface area contributed by atoms with Gasteiger partial charge in [-0.3, -0.25) is 14.5 Å². The summed E-state index contributed by atoms with van der Waals surface area (Å²) in [5, 5.41) is 3.02. The number of hydrogen-bond donors (Lipinski definition) is 1. The van der Waals surface area contributed by atoms with Crippen LogP contribution in [0.2, 0.25) is 0 Å². The molecule has 1 heterocycles. The van der Waals surface area contributed by atoms with Crippen molar-refractivity contribution in [1.29, 1.82) is 0 Å². The highest BCUT2D eigenvalue weighted by Gasteiger charge is 2.54. The average Bonchev–Trinajstić information content (AvgIpc) is 3.12. The summed E-state index contributed by atoms with van der Waals surface area (Å²) in [6.07, 6.45) is 3.24. The Kier molecular flexibility index (Phi) is 6.10. The maximum Gasteiger partial charge on any atom is 0.259 e. The molecular formula is C25H29FN2O3. The number of amides is 2. The summed E-state index contributed by atoms with van der Waals surface area (Å²) in [6.45, 7) is 4.14. The molecule has 1 aliphatic heterocycles. The summed E-state index contributed by atoms with van der Waals surface area (Å²) < 4.78 is 20.7. The third-order valence-electron chi connectivity index (χ3n) is 6.48. The summed E-state index contributed by atoms with van der Waals surface area (Å²) in [5.74, 6) is -1.00. The van der Waals surface area contributed by atoms with Crippen molar-refractivity contribution >= 4 is 11.8 Å². The topological polar surface area (TPSA) is 58.6 Å². The van der Waals surface area contributed by atoms with Gasteiger partial charge in [-0.2, -0.15) is 0 Å². The van der Waals surface area contributed by atoms with E-state index in [1.807, 2.05) is 37.3 Å². The zero-order valence-electron chi connectivity index (χ0n) is 18.0. The van der Waals surface area contributed by atoms with Crippen molar-refractivity contribution in [3.05, 3.63) is 71.5 Å². The van der Waals surface area contributed by atoms with Crippen molar-refractivity contribution in [3.63, 3.8) is 0 Å². The lowest BCUT2D eigenvalue weighted by molar-refractivity contribution is -0.129. The van der Waals surface area contributed by atoms with Crippen molar-refractivity contribution in [1.82, 2.24) is 10.2 Å². The third kappa shape index (κ3) is 4.22. The third-order valence-corrected chi connectivity index (χ3v) is 6.48. The van der Waals surface area contributed by atoms with Crippen LogP contribution in [0.1, 0.15) is 61.5 Å². The van der Waals surface area contributed by atoms with Gasteiger partial charge < -0.3 is 10.1 Å². The highest BCUT2D eigenvalue weighted by atomic mass is 19.1.